The molecule has 320 valence electrons. The van der Waals surface area contributed by atoms with Crippen molar-refractivity contribution < 1.29 is 19.5 Å². The Labute approximate surface area is 361 Å². The van der Waals surface area contributed by atoms with Crippen molar-refractivity contribution in [1.82, 2.24) is 34.6 Å². The highest BCUT2D eigenvalue weighted by molar-refractivity contribution is 6.36. The van der Waals surface area contributed by atoms with Gasteiger partial charge in [-0.05, 0) is 99.9 Å². The summed E-state index contributed by atoms with van der Waals surface area (Å²) in [6.07, 6.45) is 7.58. The van der Waals surface area contributed by atoms with E-state index in [0.29, 0.717) is 80.4 Å². The molecule has 8 rings (SSSR count). The Morgan fingerprint density at radius 3 is 2.44 bits per heavy atom. The lowest BCUT2D eigenvalue weighted by atomic mass is 9.88. The fourth-order valence-electron chi connectivity index (χ4n) is 8.98. The second-order valence-corrected chi connectivity index (χ2v) is 17.4. The molecular weight excluding hydrogens is 792 g/mol. The first-order valence-corrected chi connectivity index (χ1v) is 22.1. The van der Waals surface area contributed by atoms with Crippen LogP contribution in [0.15, 0.2) is 77.9 Å². The maximum Gasteiger partial charge on any atom is 0.261 e. The number of carbonyl (C=O) groups excluding carboxylic acids is 3. The summed E-state index contributed by atoms with van der Waals surface area (Å²) in [4.78, 5) is 69.4. The number of rotatable bonds is 13. The molecular formula is C47H55ClN8O5. The number of fused-ring (bicyclic) bond motifs is 3. The van der Waals surface area contributed by atoms with Gasteiger partial charge in [-0.1, -0.05) is 48.0 Å². The van der Waals surface area contributed by atoms with Crippen LogP contribution < -0.4 is 16.2 Å². The minimum absolute atomic E-state index is 0.0212. The summed E-state index contributed by atoms with van der Waals surface area (Å²) < 4.78 is 1.44. The van der Waals surface area contributed by atoms with Gasteiger partial charge in [0.05, 0.1) is 45.8 Å². The van der Waals surface area contributed by atoms with Crippen LogP contribution >= 0.6 is 11.6 Å². The first kappa shape index (κ1) is 42.5. The summed E-state index contributed by atoms with van der Waals surface area (Å²) in [5.41, 5.74) is 3.87. The summed E-state index contributed by atoms with van der Waals surface area (Å²) in [6.45, 7) is 5.71. The Morgan fingerprint density at radius 2 is 1.66 bits per heavy atom. The van der Waals surface area contributed by atoms with Crippen LogP contribution in [0.1, 0.15) is 78.0 Å². The Balaban J connectivity index is 0.843. The minimum Gasteiger partial charge on any atom is -0.388 e. The molecule has 5 aromatic rings. The number of pyridine rings is 1. The number of nitrogens with one attached hydrogen (secondary N) is 2. The Morgan fingerprint density at radius 1 is 0.902 bits per heavy atom. The molecule has 0 saturated carbocycles. The summed E-state index contributed by atoms with van der Waals surface area (Å²) in [5.74, 6) is -0.720. The number of benzene rings is 3. The summed E-state index contributed by atoms with van der Waals surface area (Å²) in [7, 11) is 2.10. The number of aromatic nitrogens is 3. The SMILES string of the molecule is CN1CCN(CCC(=O)Nc2ccc3c(=O)n(CC4(O)CCN(C(=O)C(CCCNC(=O)c5ccc6c(Cl)c7c(nc6c5)CCCC7)c5ccccc5)CC4)cnc3c2)CC1. The molecule has 2 aromatic heterocycles. The van der Waals surface area contributed by atoms with Crippen molar-refractivity contribution in [2.24, 2.45) is 0 Å². The van der Waals surface area contributed by atoms with Gasteiger partial charge in [-0.3, -0.25) is 28.7 Å². The van der Waals surface area contributed by atoms with Gasteiger partial charge in [0.15, 0.2) is 0 Å². The largest absolute Gasteiger partial charge is 0.388 e. The second kappa shape index (κ2) is 18.8. The Hall–Kier alpha value is -5.21. The summed E-state index contributed by atoms with van der Waals surface area (Å²) in [6, 6.07) is 20.2. The lowest BCUT2D eigenvalue weighted by Gasteiger charge is -2.39. The van der Waals surface area contributed by atoms with Crippen molar-refractivity contribution in [3.8, 4) is 0 Å². The molecule has 14 heteroatoms. The van der Waals surface area contributed by atoms with Crippen LogP contribution in [0, 0.1) is 0 Å². The number of piperidine rings is 1. The monoisotopic (exact) mass is 846 g/mol. The number of likely N-dealkylation sites (tertiary alicyclic amines) is 1. The van der Waals surface area contributed by atoms with E-state index in [-0.39, 0.29) is 29.8 Å². The molecule has 2 saturated heterocycles. The van der Waals surface area contributed by atoms with Gasteiger partial charge < -0.3 is 30.4 Å². The molecule has 1 unspecified atom stereocenters. The maximum absolute atomic E-state index is 14.1. The first-order chi connectivity index (χ1) is 29.5. The van der Waals surface area contributed by atoms with Gasteiger partial charge in [-0.15, -0.1) is 0 Å². The molecule has 1 aliphatic carbocycles. The standard InChI is InChI=1S/C47H55ClN8O5/c1-53-24-26-54(27-25-53)21-17-42(57)51-34-14-16-38-40(29-34)50-31-56(46(38)60)30-47(61)18-22-55(23-19-47)45(59)35(32-8-3-2-4-9-32)11-7-20-49-44(58)33-13-15-37-41(28-33)52-39-12-6-5-10-36(39)43(37)48/h2-4,8-9,13-16,28-29,31,35,61H,5-7,10-12,17-27,30H2,1H3,(H,49,58)(H,51,57). The molecule has 2 aliphatic heterocycles. The number of carbonyl (C=O) groups is 3. The average molecular weight is 847 g/mol. The van der Waals surface area contributed by atoms with Crippen molar-refractivity contribution in [2.45, 2.75) is 75.9 Å². The van der Waals surface area contributed by atoms with Crippen LogP contribution in [0.3, 0.4) is 0 Å². The zero-order valence-corrected chi connectivity index (χ0v) is 35.6. The lowest BCUT2D eigenvalue weighted by molar-refractivity contribution is -0.137. The number of halogens is 1. The topological polar surface area (TPSA) is 153 Å². The van der Waals surface area contributed by atoms with E-state index < -0.39 is 11.5 Å². The molecule has 3 aliphatic rings. The summed E-state index contributed by atoms with van der Waals surface area (Å²) >= 11 is 6.75. The molecule has 3 aromatic carbocycles. The van der Waals surface area contributed by atoms with Crippen molar-refractivity contribution in [3.63, 3.8) is 0 Å². The quantitative estimate of drug-likeness (QED) is 0.132. The number of amides is 3. The number of likely N-dealkylation sites (N-methyl/N-ethyl adjacent to an activating group) is 1. The van der Waals surface area contributed by atoms with Crippen LogP contribution in [0.5, 0.6) is 0 Å². The second-order valence-electron chi connectivity index (χ2n) is 17.1. The molecule has 2 fully saturated rings. The van der Waals surface area contributed by atoms with E-state index in [1.54, 1.807) is 29.2 Å². The smallest absolute Gasteiger partial charge is 0.261 e. The Bertz CT molecular complexity index is 2460. The van der Waals surface area contributed by atoms with Crippen LogP contribution in [0.2, 0.25) is 5.02 Å². The molecule has 0 spiro atoms. The fraction of sp³-hybridized carbons (Fsp3) is 0.447. The van der Waals surface area contributed by atoms with E-state index in [2.05, 4.69) is 32.5 Å². The third-order valence-corrected chi connectivity index (χ3v) is 13.2. The predicted octanol–water partition coefficient (Wildman–Crippen LogP) is 5.40. The first-order valence-electron chi connectivity index (χ1n) is 21.7. The van der Waals surface area contributed by atoms with Gasteiger partial charge in [0.25, 0.3) is 11.5 Å². The van der Waals surface area contributed by atoms with Crippen LogP contribution in [0.25, 0.3) is 21.8 Å². The van der Waals surface area contributed by atoms with Gasteiger partial charge in [0.1, 0.15) is 0 Å². The molecule has 13 nitrogen and oxygen atoms in total. The van der Waals surface area contributed by atoms with Gasteiger partial charge in [0.2, 0.25) is 11.8 Å². The molecule has 3 amide bonds. The van der Waals surface area contributed by atoms with Crippen molar-refractivity contribution in [2.75, 3.05) is 64.7 Å². The normalized spacial score (nSPS) is 17.5. The summed E-state index contributed by atoms with van der Waals surface area (Å²) in [5, 5.41) is 19.7. The highest BCUT2D eigenvalue weighted by atomic mass is 35.5. The Kier molecular flexibility index (Phi) is 13.1. The van der Waals surface area contributed by atoms with E-state index in [9.17, 15) is 24.3 Å². The third-order valence-electron chi connectivity index (χ3n) is 12.7. The van der Waals surface area contributed by atoms with E-state index in [1.807, 2.05) is 42.5 Å². The van der Waals surface area contributed by atoms with Crippen LogP contribution in [0.4, 0.5) is 5.69 Å². The number of piperazine rings is 1. The van der Waals surface area contributed by atoms with E-state index >= 15 is 0 Å². The van der Waals surface area contributed by atoms with Gasteiger partial charge in [-0.25, -0.2) is 4.98 Å². The molecule has 1 atom stereocenters. The lowest BCUT2D eigenvalue weighted by Crippen LogP contribution is -2.50. The van der Waals surface area contributed by atoms with Crippen molar-refractivity contribution in [3.05, 3.63) is 111 Å². The highest BCUT2D eigenvalue weighted by Crippen LogP contribution is 2.34. The van der Waals surface area contributed by atoms with Gasteiger partial charge in [0, 0.05) is 81.1 Å². The van der Waals surface area contributed by atoms with Crippen LogP contribution in [-0.2, 0) is 29.0 Å². The number of hydrogen-bond donors (Lipinski definition) is 3. The van der Waals surface area contributed by atoms with Crippen molar-refractivity contribution >= 4 is 56.8 Å². The maximum atomic E-state index is 14.1. The zero-order valence-electron chi connectivity index (χ0n) is 34.9. The number of aryl methyl sites for hydroxylation is 1. The molecule has 4 heterocycles. The van der Waals surface area contributed by atoms with Crippen molar-refractivity contribution in [1.29, 1.82) is 0 Å². The predicted molar refractivity (Wildman–Crippen MR) is 238 cm³/mol. The minimum atomic E-state index is -1.21. The number of aliphatic hydroxyl groups is 1. The van der Waals surface area contributed by atoms with Gasteiger partial charge in [-0.2, -0.15) is 0 Å². The van der Waals surface area contributed by atoms with Gasteiger partial charge >= 0.3 is 0 Å². The molecule has 0 bridgehead atoms. The molecule has 3 N–H and O–H groups in total. The fourth-order valence-corrected chi connectivity index (χ4v) is 9.34. The third kappa shape index (κ3) is 9.96. The average Bonchev–Trinajstić information content (AvgIpc) is 3.27. The van der Waals surface area contributed by atoms with E-state index in [0.717, 1.165) is 84.6 Å². The zero-order chi connectivity index (χ0) is 42.5. The molecule has 61 heavy (non-hydrogen) atoms. The number of nitrogens with zero attached hydrogens (tertiary/aromatic N) is 6. The molecule has 0 radical (unpaired) electrons. The highest BCUT2D eigenvalue weighted by Gasteiger charge is 2.37. The van der Waals surface area contributed by atoms with E-state index in [4.69, 9.17) is 16.6 Å². The number of anilines is 1. The number of hydrogen-bond acceptors (Lipinski definition) is 9. The van der Waals surface area contributed by atoms with E-state index in [1.165, 1.54) is 10.9 Å². The van der Waals surface area contributed by atoms with Crippen LogP contribution in [-0.4, -0.2) is 117 Å².